The molecule has 2 aliphatic heterocycles. The largest absolute Gasteiger partial charge is 0.462 e. The number of pyridine rings is 1. The Morgan fingerprint density at radius 2 is 2.06 bits per heavy atom. The summed E-state index contributed by atoms with van der Waals surface area (Å²) < 4.78 is 22.3. The molecule has 0 aliphatic carbocycles. The van der Waals surface area contributed by atoms with Crippen LogP contribution in [0.15, 0.2) is 10.9 Å². The maximum absolute atomic E-state index is 15.3. The minimum Gasteiger partial charge on any atom is -0.462 e. The number of benzene rings is 1. The monoisotopic (exact) mass is 431 g/mol. The maximum atomic E-state index is 15.3. The lowest BCUT2D eigenvalue weighted by Crippen LogP contribution is -2.37. The number of esters is 1. The van der Waals surface area contributed by atoms with Crippen LogP contribution in [0.2, 0.25) is 0 Å². The molecule has 0 atom stereocenters. The second-order valence-corrected chi connectivity index (χ2v) is 9.04. The highest BCUT2D eigenvalue weighted by Crippen LogP contribution is 2.38. The topological polar surface area (TPSA) is 102 Å². The van der Waals surface area contributed by atoms with E-state index in [1.165, 1.54) is 0 Å². The number of anilines is 3. The molecule has 0 amide bonds. The Morgan fingerprint density at radius 3 is 2.71 bits per heavy atom. The Labute approximate surface area is 180 Å². The van der Waals surface area contributed by atoms with Gasteiger partial charge >= 0.3 is 5.97 Å². The summed E-state index contributed by atoms with van der Waals surface area (Å²) in [6, 6.07) is 1.77. The molecule has 9 heteroatoms. The fourth-order valence-electron chi connectivity index (χ4n) is 4.59. The smallest absolute Gasteiger partial charge is 0.345 e. The molecular formula is C22H30FN5O3. The van der Waals surface area contributed by atoms with Gasteiger partial charge in [0, 0.05) is 12.6 Å². The van der Waals surface area contributed by atoms with Crippen LogP contribution in [0.3, 0.4) is 0 Å². The summed E-state index contributed by atoms with van der Waals surface area (Å²) in [5, 5.41) is 6.47. The van der Waals surface area contributed by atoms with Crippen LogP contribution in [-0.4, -0.2) is 54.8 Å². The molecule has 2 aliphatic rings. The highest BCUT2D eigenvalue weighted by molar-refractivity contribution is 6.04. The van der Waals surface area contributed by atoms with E-state index in [4.69, 9.17) is 10.5 Å². The number of likely N-dealkylation sites (tertiary alicyclic amines) is 1. The number of carbonyl (C=O) groups excluding carboxylic acids is 1. The van der Waals surface area contributed by atoms with Crippen molar-refractivity contribution in [3.8, 4) is 0 Å². The van der Waals surface area contributed by atoms with Gasteiger partial charge in [-0.25, -0.2) is 9.18 Å². The molecule has 168 valence electrons. The van der Waals surface area contributed by atoms with E-state index < -0.39 is 22.8 Å². The quantitative estimate of drug-likeness (QED) is 0.505. The van der Waals surface area contributed by atoms with Crippen LogP contribution in [0.1, 0.15) is 44.0 Å². The van der Waals surface area contributed by atoms with Crippen LogP contribution >= 0.6 is 0 Å². The van der Waals surface area contributed by atoms with Crippen LogP contribution in [0.4, 0.5) is 21.6 Å². The molecule has 0 unspecified atom stereocenters. The number of nitrogens with one attached hydrogen (secondary N) is 2. The van der Waals surface area contributed by atoms with E-state index in [-0.39, 0.29) is 35.0 Å². The Bertz CT molecular complexity index is 1100. The van der Waals surface area contributed by atoms with Crippen molar-refractivity contribution in [3.63, 3.8) is 0 Å². The molecule has 0 spiro atoms. The molecule has 0 saturated carbocycles. The summed E-state index contributed by atoms with van der Waals surface area (Å²) in [6.07, 6.45) is 1.78. The van der Waals surface area contributed by atoms with Crippen molar-refractivity contribution in [1.29, 1.82) is 0 Å². The van der Waals surface area contributed by atoms with Crippen molar-refractivity contribution in [2.24, 2.45) is 0 Å². The van der Waals surface area contributed by atoms with Crippen LogP contribution in [-0.2, 0) is 10.3 Å². The molecule has 0 radical (unpaired) electrons. The number of aromatic nitrogens is 1. The average molecular weight is 432 g/mol. The Balaban J connectivity index is 1.93. The van der Waals surface area contributed by atoms with Gasteiger partial charge in [-0.1, -0.05) is 0 Å². The number of nitrogens with zero attached hydrogens (tertiary/aromatic N) is 2. The zero-order chi connectivity index (χ0) is 22.5. The van der Waals surface area contributed by atoms with Crippen molar-refractivity contribution in [2.45, 2.75) is 45.2 Å². The lowest BCUT2D eigenvalue weighted by atomic mass is 10.0. The summed E-state index contributed by atoms with van der Waals surface area (Å²) in [5.74, 6) is -1.02. The standard InChI is InChI=1S/C22H30FN5O3/c1-5-31-21(30)16-19(29)15-14(28-20(16)25-11-22(28,2)3)10-13(17(23)18(15)24)26-12-6-8-27(4)9-7-12/h10,12,25-26H,5-9,11,24H2,1-4H3. The van der Waals surface area contributed by atoms with Gasteiger partial charge in [0.1, 0.15) is 11.4 Å². The predicted octanol–water partition coefficient (Wildman–Crippen LogP) is 2.57. The van der Waals surface area contributed by atoms with Crippen molar-refractivity contribution < 1.29 is 13.9 Å². The molecule has 1 fully saturated rings. The van der Waals surface area contributed by atoms with Gasteiger partial charge in [0.25, 0.3) is 0 Å². The van der Waals surface area contributed by atoms with Gasteiger partial charge in [-0.2, -0.15) is 0 Å². The number of hydrogen-bond acceptors (Lipinski definition) is 7. The van der Waals surface area contributed by atoms with Gasteiger partial charge in [0.15, 0.2) is 5.82 Å². The third-order valence-corrected chi connectivity index (χ3v) is 6.29. The van der Waals surface area contributed by atoms with Crippen molar-refractivity contribution in [2.75, 3.05) is 49.7 Å². The Morgan fingerprint density at radius 1 is 1.39 bits per heavy atom. The predicted molar refractivity (Wildman–Crippen MR) is 120 cm³/mol. The summed E-state index contributed by atoms with van der Waals surface area (Å²) in [4.78, 5) is 28.1. The summed E-state index contributed by atoms with van der Waals surface area (Å²) >= 11 is 0. The van der Waals surface area contributed by atoms with E-state index in [0.717, 1.165) is 25.9 Å². The number of nitrogen functional groups attached to an aromatic ring is 1. The average Bonchev–Trinajstić information content (AvgIpc) is 3.02. The fraction of sp³-hybridized carbons (Fsp3) is 0.545. The second-order valence-electron chi connectivity index (χ2n) is 9.04. The van der Waals surface area contributed by atoms with Gasteiger partial charge < -0.3 is 30.6 Å². The molecule has 8 nitrogen and oxygen atoms in total. The number of rotatable bonds is 4. The van der Waals surface area contributed by atoms with E-state index in [1.807, 2.05) is 18.4 Å². The third kappa shape index (κ3) is 3.50. The number of hydrogen-bond donors (Lipinski definition) is 3. The molecule has 3 heterocycles. The van der Waals surface area contributed by atoms with Crippen molar-refractivity contribution in [3.05, 3.63) is 27.7 Å². The molecule has 1 saturated heterocycles. The maximum Gasteiger partial charge on any atom is 0.345 e. The van der Waals surface area contributed by atoms with Crippen LogP contribution in [0, 0.1) is 5.82 Å². The first-order chi connectivity index (χ1) is 14.7. The Kier molecular flexibility index (Phi) is 5.33. The summed E-state index contributed by atoms with van der Waals surface area (Å²) in [7, 11) is 2.07. The van der Waals surface area contributed by atoms with Crippen molar-refractivity contribution >= 4 is 34.1 Å². The lowest BCUT2D eigenvalue weighted by Gasteiger charge is -2.31. The first kappa shape index (κ1) is 21.4. The zero-order valence-corrected chi connectivity index (χ0v) is 18.5. The number of fused-ring (bicyclic) bond motifs is 3. The minimum absolute atomic E-state index is 0.00926. The van der Waals surface area contributed by atoms with Gasteiger partial charge in [-0.15, -0.1) is 0 Å². The van der Waals surface area contributed by atoms with E-state index >= 15 is 4.39 Å². The number of halogens is 1. The van der Waals surface area contributed by atoms with Crippen LogP contribution in [0.25, 0.3) is 10.9 Å². The normalized spacial score (nSPS) is 18.6. The first-order valence-electron chi connectivity index (χ1n) is 10.7. The first-order valence-corrected chi connectivity index (χ1v) is 10.7. The molecule has 31 heavy (non-hydrogen) atoms. The van der Waals surface area contributed by atoms with Crippen LogP contribution < -0.4 is 21.8 Å². The number of nitrogens with two attached hydrogens (primary N) is 1. The summed E-state index contributed by atoms with van der Waals surface area (Å²) in [6.45, 7) is 8.13. The number of ether oxygens (including phenoxy) is 1. The van der Waals surface area contributed by atoms with Crippen molar-refractivity contribution in [1.82, 2.24) is 9.47 Å². The molecular weight excluding hydrogens is 401 g/mol. The number of carbonyl (C=O) groups is 1. The molecule has 4 N–H and O–H groups in total. The summed E-state index contributed by atoms with van der Waals surface area (Å²) in [5.41, 5.74) is 5.47. The van der Waals surface area contributed by atoms with Gasteiger partial charge in [-0.3, -0.25) is 4.79 Å². The molecule has 1 aromatic carbocycles. The van der Waals surface area contributed by atoms with E-state index in [1.54, 1.807) is 13.0 Å². The van der Waals surface area contributed by atoms with Gasteiger partial charge in [0.05, 0.1) is 34.4 Å². The molecule has 1 aromatic heterocycles. The molecule has 4 rings (SSSR count). The van der Waals surface area contributed by atoms with E-state index in [2.05, 4.69) is 22.6 Å². The Hall–Kier alpha value is -2.81. The minimum atomic E-state index is -0.739. The second kappa shape index (κ2) is 7.71. The molecule has 0 bridgehead atoms. The van der Waals surface area contributed by atoms with Gasteiger partial charge in [-0.05, 0) is 59.8 Å². The van der Waals surface area contributed by atoms with Crippen LogP contribution in [0.5, 0.6) is 0 Å². The fourth-order valence-corrected chi connectivity index (χ4v) is 4.59. The highest BCUT2D eigenvalue weighted by Gasteiger charge is 2.37. The highest BCUT2D eigenvalue weighted by atomic mass is 19.1. The SMILES string of the molecule is CCOC(=O)c1c2n(c3cc(NC4CCN(C)CC4)c(F)c(N)c3c1=O)C(C)(C)CN2. The van der Waals surface area contributed by atoms with E-state index in [0.29, 0.717) is 17.9 Å². The third-order valence-electron chi connectivity index (χ3n) is 6.29. The lowest BCUT2D eigenvalue weighted by molar-refractivity contribution is 0.0525. The molecule has 2 aromatic rings. The van der Waals surface area contributed by atoms with E-state index in [9.17, 15) is 9.59 Å². The zero-order valence-electron chi connectivity index (χ0n) is 18.5. The van der Waals surface area contributed by atoms with Gasteiger partial charge in [0.2, 0.25) is 5.43 Å². The number of piperidine rings is 1.